The van der Waals surface area contributed by atoms with Crippen LogP contribution in [0.3, 0.4) is 0 Å². The number of anilines is 2. The Morgan fingerprint density at radius 1 is 1.31 bits per heavy atom. The molecule has 3 amide bonds. The number of nitrogens with zero attached hydrogens (tertiary/aromatic N) is 5. The highest BCUT2D eigenvalue weighted by atomic mass is 16.2. The minimum atomic E-state index is -0.607. The Hall–Kier alpha value is -2.88. The van der Waals surface area contributed by atoms with E-state index >= 15 is 0 Å². The number of hydrogen-bond donors (Lipinski definition) is 3. The van der Waals surface area contributed by atoms with Crippen LogP contribution in [0.2, 0.25) is 0 Å². The lowest BCUT2D eigenvalue weighted by molar-refractivity contribution is 0.0996. The first-order valence-electron chi connectivity index (χ1n) is 11.6. The summed E-state index contributed by atoms with van der Waals surface area (Å²) in [6.45, 7) is 6.11. The second-order valence-electron chi connectivity index (χ2n) is 8.77. The molecule has 0 aliphatic carbocycles. The van der Waals surface area contributed by atoms with Gasteiger partial charge < -0.3 is 31.1 Å². The molecule has 10 heteroatoms. The Morgan fingerprint density at radius 2 is 2.16 bits per heavy atom. The van der Waals surface area contributed by atoms with Crippen LogP contribution in [0, 0.1) is 0 Å². The van der Waals surface area contributed by atoms with E-state index in [0.29, 0.717) is 18.2 Å². The number of carbonyl (C=O) groups excluding carboxylic acids is 2. The maximum atomic E-state index is 12.5. The van der Waals surface area contributed by atoms with Gasteiger partial charge in [-0.15, -0.1) is 0 Å². The number of primary amides is 1. The van der Waals surface area contributed by atoms with Gasteiger partial charge in [0.1, 0.15) is 5.82 Å². The second-order valence-corrected chi connectivity index (χ2v) is 8.77. The monoisotopic (exact) mass is 442 g/mol. The Bertz CT molecular complexity index is 883. The molecule has 0 radical (unpaired) electrons. The highest BCUT2D eigenvalue weighted by Crippen LogP contribution is 2.26. The number of nitrogens with two attached hydrogens (primary N) is 1. The number of aromatic nitrogens is 2. The van der Waals surface area contributed by atoms with E-state index in [2.05, 4.69) is 33.5 Å². The highest BCUT2D eigenvalue weighted by molar-refractivity contribution is 5.96. The van der Waals surface area contributed by atoms with Crippen molar-refractivity contribution in [1.82, 2.24) is 25.1 Å². The van der Waals surface area contributed by atoms with E-state index in [0.717, 1.165) is 64.0 Å². The lowest BCUT2D eigenvalue weighted by Crippen LogP contribution is -2.49. The first-order chi connectivity index (χ1) is 15.5. The molecular formula is C22H34N8O2. The van der Waals surface area contributed by atoms with Gasteiger partial charge in [-0.1, -0.05) is 13.0 Å². The van der Waals surface area contributed by atoms with Crippen LogP contribution in [0.4, 0.5) is 16.4 Å². The van der Waals surface area contributed by atoms with Crippen LogP contribution in [0.15, 0.2) is 18.0 Å². The number of hydrogen-bond acceptors (Lipinski definition) is 7. The molecule has 4 heterocycles. The third kappa shape index (κ3) is 4.64. The molecule has 3 aliphatic heterocycles. The predicted octanol–water partition coefficient (Wildman–Crippen LogP) is 1.37. The second kappa shape index (κ2) is 9.72. The maximum Gasteiger partial charge on any atom is 0.320 e. The quantitative estimate of drug-likeness (QED) is 0.583. The average molecular weight is 443 g/mol. The van der Waals surface area contributed by atoms with Crippen LogP contribution in [-0.4, -0.2) is 83.6 Å². The summed E-state index contributed by atoms with van der Waals surface area (Å²) >= 11 is 0. The molecule has 0 spiro atoms. The van der Waals surface area contributed by atoms with Crippen molar-refractivity contribution in [1.29, 1.82) is 0 Å². The zero-order valence-corrected chi connectivity index (χ0v) is 19.0. The standard InChI is InChI=1S/C22H34N8O2/c1-3-6-17(16-8-4-9-24-16)26-21-19(20(23)31)25-13-18(27-21)29-10-5-7-15(14-29)30-12-11-28(2)22(30)32/h6,13,15-16,24H,3-5,7-12,14H2,1-2H3,(H2,23,31)(H,26,27)/t15-,16+/m1/s1. The smallest absolute Gasteiger partial charge is 0.320 e. The molecule has 0 bridgehead atoms. The van der Waals surface area contributed by atoms with Crippen LogP contribution < -0.4 is 21.3 Å². The SMILES string of the molecule is CCC=C(Nc1nc(N2CCC[C@@H](N3CCN(C)C3=O)C2)cnc1C(N)=O)[C@@H]1CCCN1. The number of amides is 3. The molecule has 10 nitrogen and oxygen atoms in total. The van der Waals surface area contributed by atoms with Crippen LogP contribution >= 0.6 is 0 Å². The molecule has 2 atom stereocenters. The molecule has 174 valence electrons. The van der Waals surface area contributed by atoms with E-state index in [9.17, 15) is 9.59 Å². The fraction of sp³-hybridized carbons (Fsp3) is 0.636. The first kappa shape index (κ1) is 22.3. The van der Waals surface area contributed by atoms with Crippen molar-refractivity contribution in [3.8, 4) is 0 Å². The largest absolute Gasteiger partial charge is 0.364 e. The summed E-state index contributed by atoms with van der Waals surface area (Å²) in [5.74, 6) is 0.476. The van der Waals surface area contributed by atoms with Gasteiger partial charge in [0.2, 0.25) is 0 Å². The fourth-order valence-electron chi connectivity index (χ4n) is 4.81. The van der Waals surface area contributed by atoms with Gasteiger partial charge >= 0.3 is 6.03 Å². The zero-order valence-electron chi connectivity index (χ0n) is 19.0. The molecule has 4 N–H and O–H groups in total. The molecule has 3 aliphatic rings. The normalized spacial score (nSPS) is 24.4. The number of rotatable bonds is 7. The summed E-state index contributed by atoms with van der Waals surface area (Å²) in [5, 5.41) is 6.84. The predicted molar refractivity (Wildman–Crippen MR) is 124 cm³/mol. The van der Waals surface area contributed by atoms with Crippen LogP contribution in [0.25, 0.3) is 0 Å². The van der Waals surface area contributed by atoms with E-state index in [1.165, 1.54) is 0 Å². The Labute approximate surface area is 189 Å². The summed E-state index contributed by atoms with van der Waals surface area (Å²) in [6.07, 6.45) is 8.69. The lowest BCUT2D eigenvalue weighted by Gasteiger charge is -2.37. The summed E-state index contributed by atoms with van der Waals surface area (Å²) in [6, 6.07) is 0.444. The Kier molecular flexibility index (Phi) is 6.78. The molecular weight excluding hydrogens is 408 g/mol. The Balaban J connectivity index is 1.56. The van der Waals surface area contributed by atoms with Crippen molar-refractivity contribution in [2.24, 2.45) is 5.73 Å². The van der Waals surface area contributed by atoms with Gasteiger partial charge in [-0.3, -0.25) is 4.79 Å². The van der Waals surface area contributed by atoms with Crippen molar-refractivity contribution in [2.45, 2.75) is 51.1 Å². The van der Waals surface area contributed by atoms with Gasteiger partial charge in [0.25, 0.3) is 5.91 Å². The molecule has 0 unspecified atom stereocenters. The van der Waals surface area contributed by atoms with Gasteiger partial charge in [0, 0.05) is 45.0 Å². The molecule has 32 heavy (non-hydrogen) atoms. The zero-order chi connectivity index (χ0) is 22.7. The molecule has 4 rings (SSSR count). The van der Waals surface area contributed by atoms with E-state index in [1.54, 1.807) is 11.1 Å². The van der Waals surface area contributed by atoms with Gasteiger partial charge in [0.15, 0.2) is 11.5 Å². The molecule has 3 fully saturated rings. The summed E-state index contributed by atoms with van der Waals surface area (Å²) in [7, 11) is 1.84. The van der Waals surface area contributed by atoms with E-state index in [4.69, 9.17) is 10.7 Å². The fourth-order valence-corrected chi connectivity index (χ4v) is 4.81. The van der Waals surface area contributed by atoms with Gasteiger partial charge in [-0.25, -0.2) is 14.8 Å². The van der Waals surface area contributed by atoms with Crippen LogP contribution in [0.1, 0.15) is 49.5 Å². The van der Waals surface area contributed by atoms with E-state index in [1.807, 2.05) is 11.9 Å². The van der Waals surface area contributed by atoms with Gasteiger partial charge in [-0.2, -0.15) is 0 Å². The number of nitrogens with one attached hydrogen (secondary N) is 2. The number of likely N-dealkylation sites (N-methyl/N-ethyl adjacent to an activating group) is 1. The number of piperidine rings is 1. The molecule has 0 aromatic carbocycles. The minimum absolute atomic E-state index is 0.0905. The molecule has 0 saturated carbocycles. The van der Waals surface area contributed by atoms with Gasteiger partial charge in [-0.05, 0) is 38.6 Å². The summed E-state index contributed by atoms with van der Waals surface area (Å²) in [4.78, 5) is 39.5. The summed E-state index contributed by atoms with van der Waals surface area (Å²) < 4.78 is 0. The number of allylic oxidation sites excluding steroid dienone is 1. The van der Waals surface area contributed by atoms with E-state index in [-0.39, 0.29) is 23.8 Å². The van der Waals surface area contributed by atoms with E-state index < -0.39 is 5.91 Å². The minimum Gasteiger partial charge on any atom is -0.364 e. The van der Waals surface area contributed by atoms with Crippen molar-refractivity contribution < 1.29 is 9.59 Å². The van der Waals surface area contributed by atoms with Crippen LogP contribution in [-0.2, 0) is 0 Å². The highest BCUT2D eigenvalue weighted by Gasteiger charge is 2.34. The molecule has 1 aromatic rings. The number of carbonyl (C=O) groups is 2. The topological polar surface area (TPSA) is 120 Å². The van der Waals surface area contributed by atoms with Crippen molar-refractivity contribution in [3.63, 3.8) is 0 Å². The number of urea groups is 1. The third-order valence-corrected chi connectivity index (χ3v) is 6.53. The van der Waals surface area contributed by atoms with Crippen molar-refractivity contribution in [3.05, 3.63) is 23.7 Å². The average Bonchev–Trinajstić information content (AvgIpc) is 3.44. The van der Waals surface area contributed by atoms with Crippen molar-refractivity contribution >= 4 is 23.6 Å². The summed E-state index contributed by atoms with van der Waals surface area (Å²) in [5.41, 5.74) is 6.74. The van der Waals surface area contributed by atoms with Crippen LogP contribution in [0.5, 0.6) is 0 Å². The maximum absolute atomic E-state index is 12.5. The molecule has 3 saturated heterocycles. The molecule has 1 aromatic heterocycles. The first-order valence-corrected chi connectivity index (χ1v) is 11.6. The third-order valence-electron chi connectivity index (χ3n) is 6.53. The van der Waals surface area contributed by atoms with Crippen molar-refractivity contribution in [2.75, 3.05) is 50.0 Å². The Morgan fingerprint density at radius 3 is 2.81 bits per heavy atom. The lowest BCUT2D eigenvalue weighted by atomic mass is 10.0. The van der Waals surface area contributed by atoms with Gasteiger partial charge in [0.05, 0.1) is 12.2 Å².